The molecule has 0 radical (unpaired) electrons. The zero-order valence-corrected chi connectivity index (χ0v) is 11.1. The number of benzene rings is 1. The molecule has 2 N–H and O–H groups in total. The standard InChI is InChI=1S/C15H15N3O2/c1-18-10(6-7-14(19)20)8-17-15(18)12-9-16-13-5-3-2-4-11(12)13/h2-5,8-9,16H,6-7H2,1H3,(H,19,20). The fourth-order valence-electron chi connectivity index (χ4n) is 2.42. The number of aryl methyl sites for hydroxylation is 1. The molecule has 0 aliphatic carbocycles. The van der Waals surface area contributed by atoms with Crippen molar-refractivity contribution in [3.05, 3.63) is 42.4 Å². The minimum absolute atomic E-state index is 0.118. The van der Waals surface area contributed by atoms with E-state index in [1.165, 1.54) is 0 Å². The molecule has 5 heteroatoms. The van der Waals surface area contributed by atoms with Crippen LogP contribution in [0.3, 0.4) is 0 Å². The maximum absolute atomic E-state index is 10.7. The molecule has 1 aromatic carbocycles. The summed E-state index contributed by atoms with van der Waals surface area (Å²) in [6.45, 7) is 0. The van der Waals surface area contributed by atoms with E-state index in [1.807, 2.05) is 42.1 Å². The molecule has 0 unspecified atom stereocenters. The van der Waals surface area contributed by atoms with Gasteiger partial charge in [-0.15, -0.1) is 0 Å². The predicted octanol–water partition coefficient (Wildman–Crippen LogP) is 2.59. The number of H-pyrrole nitrogens is 1. The van der Waals surface area contributed by atoms with Crippen molar-refractivity contribution in [1.29, 1.82) is 0 Å². The number of aromatic nitrogens is 3. The van der Waals surface area contributed by atoms with Crippen LogP contribution in [0.4, 0.5) is 0 Å². The molecule has 0 aliphatic heterocycles. The molecule has 0 fully saturated rings. The van der Waals surface area contributed by atoms with E-state index in [-0.39, 0.29) is 6.42 Å². The zero-order chi connectivity index (χ0) is 14.1. The lowest BCUT2D eigenvalue weighted by Crippen LogP contribution is -2.02. The minimum Gasteiger partial charge on any atom is -0.481 e. The number of nitrogens with zero attached hydrogens (tertiary/aromatic N) is 2. The summed E-state index contributed by atoms with van der Waals surface area (Å²) >= 11 is 0. The number of nitrogens with one attached hydrogen (secondary N) is 1. The van der Waals surface area contributed by atoms with Gasteiger partial charge in [-0.3, -0.25) is 4.79 Å². The maximum Gasteiger partial charge on any atom is 0.303 e. The number of carbonyl (C=O) groups is 1. The molecular weight excluding hydrogens is 254 g/mol. The molecule has 2 heterocycles. The van der Waals surface area contributed by atoms with Crippen molar-refractivity contribution in [3.8, 4) is 11.4 Å². The fraction of sp³-hybridized carbons (Fsp3) is 0.200. The van der Waals surface area contributed by atoms with Gasteiger partial charge in [0.15, 0.2) is 0 Å². The molecule has 2 aromatic heterocycles. The number of aliphatic carboxylic acids is 1. The Morgan fingerprint density at radius 1 is 1.40 bits per heavy atom. The number of hydrogen-bond acceptors (Lipinski definition) is 2. The van der Waals surface area contributed by atoms with E-state index < -0.39 is 5.97 Å². The van der Waals surface area contributed by atoms with Crippen LogP contribution in [0.1, 0.15) is 12.1 Å². The summed E-state index contributed by atoms with van der Waals surface area (Å²) in [5.41, 5.74) is 3.02. The SMILES string of the molecule is Cn1c(CCC(=O)O)cnc1-c1c[nH]c2ccccc12. The predicted molar refractivity (Wildman–Crippen MR) is 76.5 cm³/mol. The monoisotopic (exact) mass is 269 g/mol. The van der Waals surface area contributed by atoms with E-state index in [0.717, 1.165) is 28.0 Å². The minimum atomic E-state index is -0.792. The Bertz CT molecular complexity index is 770. The average Bonchev–Trinajstić information content (AvgIpc) is 3.00. The van der Waals surface area contributed by atoms with E-state index in [9.17, 15) is 4.79 Å². The van der Waals surface area contributed by atoms with Gasteiger partial charge >= 0.3 is 5.97 Å². The van der Waals surface area contributed by atoms with Crippen LogP contribution in [0.5, 0.6) is 0 Å². The first-order valence-electron chi connectivity index (χ1n) is 6.45. The van der Waals surface area contributed by atoms with Crippen molar-refractivity contribution in [1.82, 2.24) is 14.5 Å². The normalized spacial score (nSPS) is 11.1. The third kappa shape index (κ3) is 2.07. The van der Waals surface area contributed by atoms with Crippen LogP contribution in [-0.2, 0) is 18.3 Å². The molecule has 0 saturated carbocycles. The third-order valence-corrected chi connectivity index (χ3v) is 3.51. The lowest BCUT2D eigenvalue weighted by Gasteiger charge is -2.04. The Balaban J connectivity index is 2.00. The number of para-hydroxylation sites is 1. The molecule has 0 amide bonds. The first-order valence-corrected chi connectivity index (χ1v) is 6.45. The quantitative estimate of drug-likeness (QED) is 0.764. The highest BCUT2D eigenvalue weighted by molar-refractivity contribution is 5.93. The summed E-state index contributed by atoms with van der Waals surface area (Å²) in [6.07, 6.45) is 4.29. The molecule has 0 saturated heterocycles. The Morgan fingerprint density at radius 3 is 3.00 bits per heavy atom. The summed E-state index contributed by atoms with van der Waals surface area (Å²) in [5.74, 6) is 0.0580. The number of hydrogen-bond donors (Lipinski definition) is 2. The molecule has 0 bridgehead atoms. The Hall–Kier alpha value is -2.56. The second kappa shape index (κ2) is 4.85. The highest BCUT2D eigenvalue weighted by Gasteiger charge is 2.13. The van der Waals surface area contributed by atoms with Crippen molar-refractivity contribution >= 4 is 16.9 Å². The Kier molecular flexibility index (Phi) is 3.02. The van der Waals surface area contributed by atoms with E-state index in [1.54, 1.807) is 6.20 Å². The van der Waals surface area contributed by atoms with Gasteiger partial charge in [0, 0.05) is 41.6 Å². The summed E-state index contributed by atoms with van der Waals surface area (Å²) < 4.78 is 1.96. The van der Waals surface area contributed by atoms with E-state index in [4.69, 9.17) is 5.11 Å². The molecular formula is C15H15N3O2. The largest absolute Gasteiger partial charge is 0.481 e. The molecule has 20 heavy (non-hydrogen) atoms. The smallest absolute Gasteiger partial charge is 0.303 e. The van der Waals surface area contributed by atoms with Gasteiger partial charge in [-0.05, 0) is 12.5 Å². The van der Waals surface area contributed by atoms with Crippen LogP contribution in [0.25, 0.3) is 22.3 Å². The fourth-order valence-corrected chi connectivity index (χ4v) is 2.42. The summed E-state index contributed by atoms with van der Waals surface area (Å²) in [6, 6.07) is 8.05. The summed E-state index contributed by atoms with van der Waals surface area (Å²) in [4.78, 5) is 18.3. The van der Waals surface area contributed by atoms with Crippen LogP contribution in [0.15, 0.2) is 36.7 Å². The van der Waals surface area contributed by atoms with Crippen molar-refractivity contribution < 1.29 is 9.90 Å². The third-order valence-electron chi connectivity index (χ3n) is 3.51. The van der Waals surface area contributed by atoms with E-state index in [2.05, 4.69) is 9.97 Å². The molecule has 3 rings (SSSR count). The van der Waals surface area contributed by atoms with Gasteiger partial charge in [-0.1, -0.05) is 18.2 Å². The molecule has 0 atom stereocenters. The number of imidazole rings is 1. The summed E-state index contributed by atoms with van der Waals surface area (Å²) in [5, 5.41) is 9.88. The van der Waals surface area contributed by atoms with Gasteiger partial charge in [-0.2, -0.15) is 0 Å². The highest BCUT2D eigenvalue weighted by Crippen LogP contribution is 2.27. The first kappa shape index (κ1) is 12.5. The van der Waals surface area contributed by atoms with Crippen LogP contribution in [0.2, 0.25) is 0 Å². The summed E-state index contributed by atoms with van der Waals surface area (Å²) in [7, 11) is 1.92. The second-order valence-electron chi connectivity index (χ2n) is 4.77. The molecule has 3 aromatic rings. The van der Waals surface area contributed by atoms with Gasteiger partial charge in [-0.25, -0.2) is 4.98 Å². The van der Waals surface area contributed by atoms with Crippen LogP contribution < -0.4 is 0 Å². The van der Waals surface area contributed by atoms with Crippen molar-refractivity contribution in [2.45, 2.75) is 12.8 Å². The van der Waals surface area contributed by atoms with Crippen LogP contribution in [-0.4, -0.2) is 25.6 Å². The van der Waals surface area contributed by atoms with Crippen molar-refractivity contribution in [3.63, 3.8) is 0 Å². The number of rotatable bonds is 4. The Morgan fingerprint density at radius 2 is 2.20 bits per heavy atom. The van der Waals surface area contributed by atoms with E-state index >= 15 is 0 Å². The van der Waals surface area contributed by atoms with Gasteiger partial charge in [0.1, 0.15) is 5.82 Å². The van der Waals surface area contributed by atoms with Gasteiger partial charge < -0.3 is 14.7 Å². The first-order chi connectivity index (χ1) is 9.66. The Labute approximate surface area is 115 Å². The topological polar surface area (TPSA) is 70.9 Å². The number of carboxylic acids is 1. The zero-order valence-electron chi connectivity index (χ0n) is 11.1. The molecule has 0 spiro atoms. The maximum atomic E-state index is 10.7. The van der Waals surface area contributed by atoms with Gasteiger partial charge in [0.2, 0.25) is 0 Å². The highest BCUT2D eigenvalue weighted by atomic mass is 16.4. The molecule has 5 nitrogen and oxygen atoms in total. The lowest BCUT2D eigenvalue weighted by atomic mass is 10.1. The number of aromatic amines is 1. The van der Waals surface area contributed by atoms with Gasteiger partial charge in [0.25, 0.3) is 0 Å². The van der Waals surface area contributed by atoms with Crippen LogP contribution in [0, 0.1) is 0 Å². The van der Waals surface area contributed by atoms with Crippen LogP contribution >= 0.6 is 0 Å². The number of fused-ring (bicyclic) bond motifs is 1. The van der Waals surface area contributed by atoms with E-state index in [0.29, 0.717) is 6.42 Å². The van der Waals surface area contributed by atoms with Gasteiger partial charge in [0.05, 0.1) is 6.42 Å². The van der Waals surface area contributed by atoms with Crippen molar-refractivity contribution in [2.75, 3.05) is 0 Å². The van der Waals surface area contributed by atoms with Crippen molar-refractivity contribution in [2.24, 2.45) is 7.05 Å². The average molecular weight is 269 g/mol. The molecule has 0 aliphatic rings. The lowest BCUT2D eigenvalue weighted by molar-refractivity contribution is -0.136. The molecule has 102 valence electrons. The number of carboxylic acid groups (broad SMARTS) is 1. The second-order valence-corrected chi connectivity index (χ2v) is 4.77.